The summed E-state index contributed by atoms with van der Waals surface area (Å²) >= 11 is 0. The highest BCUT2D eigenvalue weighted by Crippen LogP contribution is 2.34. The number of hydrogen-bond acceptors (Lipinski definition) is 0. The lowest BCUT2D eigenvalue weighted by atomic mass is 10.1. The Morgan fingerprint density at radius 3 is 1.33 bits per heavy atom. The number of hydrogen-bond donors (Lipinski definition) is 0. The minimum atomic E-state index is -4.75. The summed E-state index contributed by atoms with van der Waals surface area (Å²) in [6.45, 7) is 0. The molecule has 86 valence electrons. The van der Waals surface area contributed by atoms with Crippen molar-refractivity contribution < 1.29 is 31.8 Å². The summed E-state index contributed by atoms with van der Waals surface area (Å²) in [5.41, 5.74) is -2.60. The predicted octanol–water partition coefficient (Wildman–Crippen LogP) is 2.90. The molecule has 1 aromatic carbocycles. The van der Waals surface area contributed by atoms with Crippen molar-refractivity contribution in [3.8, 4) is 0 Å². The van der Waals surface area contributed by atoms with Crippen LogP contribution in [0, 0.1) is 0 Å². The van der Waals surface area contributed by atoms with Crippen LogP contribution in [0.5, 0.6) is 0 Å². The van der Waals surface area contributed by atoms with Crippen molar-refractivity contribution in [2.75, 3.05) is 0 Å². The Morgan fingerprint density at radius 1 is 0.733 bits per heavy atom. The lowest BCUT2D eigenvalue weighted by Gasteiger charge is -2.10. The molecule has 15 heavy (non-hydrogen) atoms. The fourth-order valence-electron chi connectivity index (χ4n) is 0.872. The molecular formula is C8H6F6O. The van der Waals surface area contributed by atoms with Crippen LogP contribution in [0.15, 0.2) is 24.3 Å². The monoisotopic (exact) mass is 232 g/mol. The van der Waals surface area contributed by atoms with Gasteiger partial charge in [0.2, 0.25) is 0 Å². The van der Waals surface area contributed by atoms with E-state index in [4.69, 9.17) is 0 Å². The summed E-state index contributed by atoms with van der Waals surface area (Å²) in [4.78, 5) is 0. The van der Waals surface area contributed by atoms with E-state index in [-0.39, 0.29) is 11.5 Å². The molecule has 1 aromatic rings. The summed E-state index contributed by atoms with van der Waals surface area (Å²) in [6.07, 6.45) is -9.50. The SMILES string of the molecule is FC(F)(F)c1cccc(C(F)(F)F)c1.O. The molecule has 1 nitrogen and oxygen atoms in total. The first-order chi connectivity index (χ1) is 6.21. The Morgan fingerprint density at radius 2 is 1.07 bits per heavy atom. The molecule has 0 aromatic heterocycles. The topological polar surface area (TPSA) is 31.5 Å². The quantitative estimate of drug-likeness (QED) is 0.616. The first-order valence-electron chi connectivity index (χ1n) is 3.46. The first kappa shape index (κ1) is 13.8. The van der Waals surface area contributed by atoms with Gasteiger partial charge in [-0.25, -0.2) is 0 Å². The van der Waals surface area contributed by atoms with Gasteiger partial charge in [-0.1, -0.05) is 6.07 Å². The summed E-state index contributed by atoms with van der Waals surface area (Å²) in [5.74, 6) is 0. The Hall–Kier alpha value is -1.24. The van der Waals surface area contributed by atoms with Crippen LogP contribution in [0.2, 0.25) is 0 Å². The summed E-state index contributed by atoms with van der Waals surface area (Å²) < 4.78 is 71.9. The second-order valence-electron chi connectivity index (χ2n) is 2.58. The van der Waals surface area contributed by atoms with Crippen LogP contribution in [0.3, 0.4) is 0 Å². The molecule has 0 radical (unpaired) electrons. The second-order valence-corrected chi connectivity index (χ2v) is 2.58. The van der Waals surface area contributed by atoms with Gasteiger partial charge >= 0.3 is 12.4 Å². The van der Waals surface area contributed by atoms with Crippen molar-refractivity contribution >= 4 is 0 Å². The molecule has 0 aliphatic carbocycles. The average Bonchev–Trinajstić information content (AvgIpc) is 2.01. The maximum absolute atomic E-state index is 12.0. The lowest BCUT2D eigenvalue weighted by molar-refractivity contribution is -0.143. The molecule has 0 heterocycles. The van der Waals surface area contributed by atoms with Crippen molar-refractivity contribution in [3.63, 3.8) is 0 Å². The van der Waals surface area contributed by atoms with E-state index in [1.165, 1.54) is 0 Å². The Balaban J connectivity index is 0.00000196. The zero-order chi connectivity index (χ0) is 11.0. The van der Waals surface area contributed by atoms with E-state index in [0.29, 0.717) is 12.1 Å². The van der Waals surface area contributed by atoms with Crippen LogP contribution < -0.4 is 0 Å². The molecular weight excluding hydrogens is 226 g/mol. The molecule has 0 saturated heterocycles. The zero-order valence-corrected chi connectivity index (χ0v) is 7.08. The zero-order valence-electron chi connectivity index (χ0n) is 7.08. The van der Waals surface area contributed by atoms with Crippen molar-refractivity contribution in [3.05, 3.63) is 35.4 Å². The Bertz CT molecular complexity index is 297. The molecule has 0 saturated carbocycles. The van der Waals surface area contributed by atoms with E-state index in [2.05, 4.69) is 0 Å². The molecule has 7 heteroatoms. The van der Waals surface area contributed by atoms with Crippen LogP contribution in [0.25, 0.3) is 0 Å². The van der Waals surface area contributed by atoms with Crippen molar-refractivity contribution in [1.29, 1.82) is 0 Å². The minimum absolute atomic E-state index is 0. The van der Waals surface area contributed by atoms with Gasteiger partial charge in [0.05, 0.1) is 11.1 Å². The first-order valence-corrected chi connectivity index (χ1v) is 3.46. The maximum atomic E-state index is 12.0. The van der Waals surface area contributed by atoms with Crippen LogP contribution >= 0.6 is 0 Å². The summed E-state index contributed by atoms with van der Waals surface area (Å²) in [7, 11) is 0. The Labute approximate surface area is 80.6 Å². The van der Waals surface area contributed by atoms with Crippen LogP contribution in [-0.2, 0) is 12.4 Å². The molecule has 0 bridgehead atoms. The van der Waals surface area contributed by atoms with Gasteiger partial charge in [-0.05, 0) is 18.2 Å². The average molecular weight is 232 g/mol. The summed E-state index contributed by atoms with van der Waals surface area (Å²) in [5, 5.41) is 0. The van der Waals surface area contributed by atoms with Gasteiger partial charge in [0.25, 0.3) is 0 Å². The Kier molecular flexibility index (Phi) is 3.76. The molecule has 0 aliphatic rings. The van der Waals surface area contributed by atoms with E-state index in [9.17, 15) is 26.3 Å². The molecule has 2 N–H and O–H groups in total. The third kappa shape index (κ3) is 3.43. The van der Waals surface area contributed by atoms with Crippen molar-refractivity contribution in [2.24, 2.45) is 0 Å². The van der Waals surface area contributed by atoms with Gasteiger partial charge in [0.15, 0.2) is 0 Å². The van der Waals surface area contributed by atoms with Gasteiger partial charge in [0, 0.05) is 0 Å². The van der Waals surface area contributed by atoms with E-state index in [1.807, 2.05) is 0 Å². The van der Waals surface area contributed by atoms with Crippen LogP contribution in [-0.4, -0.2) is 5.48 Å². The van der Waals surface area contributed by atoms with Crippen molar-refractivity contribution in [1.82, 2.24) is 0 Å². The number of alkyl halides is 6. The largest absolute Gasteiger partial charge is 0.416 e. The van der Waals surface area contributed by atoms with Gasteiger partial charge < -0.3 is 5.48 Å². The standard InChI is InChI=1S/C8H4F6.H2O/c9-7(10,11)5-2-1-3-6(4-5)8(12,13)14;/h1-4H;1H2. The number of halogens is 6. The minimum Gasteiger partial charge on any atom is -0.412 e. The molecule has 0 amide bonds. The van der Waals surface area contributed by atoms with Gasteiger partial charge in [-0.3, -0.25) is 0 Å². The van der Waals surface area contributed by atoms with Gasteiger partial charge in [0.1, 0.15) is 0 Å². The molecule has 1 rings (SSSR count). The number of benzene rings is 1. The maximum Gasteiger partial charge on any atom is 0.416 e. The van der Waals surface area contributed by atoms with Crippen LogP contribution in [0.4, 0.5) is 26.3 Å². The fourth-order valence-corrected chi connectivity index (χ4v) is 0.872. The molecule has 0 spiro atoms. The van der Waals surface area contributed by atoms with E-state index >= 15 is 0 Å². The van der Waals surface area contributed by atoms with E-state index < -0.39 is 23.5 Å². The lowest BCUT2D eigenvalue weighted by Crippen LogP contribution is -2.09. The normalized spacial score (nSPS) is 12.1. The molecule has 0 aliphatic heterocycles. The fraction of sp³-hybridized carbons (Fsp3) is 0.250. The highest BCUT2D eigenvalue weighted by molar-refractivity contribution is 5.27. The van der Waals surface area contributed by atoms with E-state index in [1.54, 1.807) is 0 Å². The van der Waals surface area contributed by atoms with E-state index in [0.717, 1.165) is 6.07 Å². The predicted molar refractivity (Wildman–Crippen MR) is 40.1 cm³/mol. The van der Waals surface area contributed by atoms with Gasteiger partial charge in [-0.2, -0.15) is 26.3 Å². The highest BCUT2D eigenvalue weighted by atomic mass is 19.4. The molecule has 0 atom stereocenters. The third-order valence-corrected chi connectivity index (χ3v) is 1.52. The smallest absolute Gasteiger partial charge is 0.412 e. The highest BCUT2D eigenvalue weighted by Gasteiger charge is 2.35. The van der Waals surface area contributed by atoms with Gasteiger partial charge in [-0.15, -0.1) is 0 Å². The van der Waals surface area contributed by atoms with Crippen molar-refractivity contribution in [2.45, 2.75) is 12.4 Å². The van der Waals surface area contributed by atoms with Crippen LogP contribution in [0.1, 0.15) is 11.1 Å². The molecule has 0 unspecified atom stereocenters. The molecule has 0 fully saturated rings. The third-order valence-electron chi connectivity index (χ3n) is 1.52. The number of rotatable bonds is 0. The second kappa shape index (κ2) is 4.09. The summed E-state index contributed by atoms with van der Waals surface area (Å²) in [6, 6.07) is 2.00.